The van der Waals surface area contributed by atoms with E-state index in [1.807, 2.05) is 24.3 Å². The number of ether oxygens (including phenoxy) is 1. The molecule has 1 unspecified atom stereocenters. The third kappa shape index (κ3) is 1.89. The van der Waals surface area contributed by atoms with E-state index in [0.717, 1.165) is 18.6 Å². The average Bonchev–Trinajstić information content (AvgIpc) is 2.76. The van der Waals surface area contributed by atoms with Gasteiger partial charge in [-0.25, -0.2) is 0 Å². The van der Waals surface area contributed by atoms with Gasteiger partial charge in [0.15, 0.2) is 12.0 Å². The average molecular weight is 228 g/mol. The molecule has 17 heavy (non-hydrogen) atoms. The second-order valence-corrected chi connectivity index (χ2v) is 4.09. The van der Waals surface area contributed by atoms with Gasteiger partial charge in [0.2, 0.25) is 0 Å². The lowest BCUT2D eigenvalue weighted by atomic mass is 10.0. The van der Waals surface area contributed by atoms with Gasteiger partial charge >= 0.3 is 0 Å². The monoisotopic (exact) mass is 228 g/mol. The van der Waals surface area contributed by atoms with E-state index in [4.69, 9.17) is 9.15 Å². The molecule has 3 nitrogen and oxygen atoms in total. The number of hydrogen-bond acceptors (Lipinski definition) is 3. The normalized spacial score (nSPS) is 18.7. The van der Waals surface area contributed by atoms with Gasteiger partial charge in [-0.05, 0) is 17.7 Å². The summed E-state index contributed by atoms with van der Waals surface area (Å²) in [6, 6.07) is 11.5. The van der Waals surface area contributed by atoms with Crippen LogP contribution in [-0.4, -0.2) is 12.9 Å². The zero-order valence-corrected chi connectivity index (χ0v) is 9.26. The first-order valence-corrected chi connectivity index (χ1v) is 5.64. The van der Waals surface area contributed by atoms with Gasteiger partial charge in [0.25, 0.3) is 0 Å². The van der Waals surface area contributed by atoms with Crippen molar-refractivity contribution >= 4 is 6.29 Å². The summed E-state index contributed by atoms with van der Waals surface area (Å²) < 4.78 is 10.8. The van der Waals surface area contributed by atoms with Gasteiger partial charge in [-0.15, -0.1) is 0 Å². The number of rotatable bonds is 3. The van der Waals surface area contributed by atoms with Gasteiger partial charge in [0, 0.05) is 12.0 Å². The Balaban J connectivity index is 1.85. The maximum atomic E-state index is 10.5. The van der Waals surface area contributed by atoms with Crippen molar-refractivity contribution in [3.05, 3.63) is 47.7 Å². The van der Waals surface area contributed by atoms with Crippen molar-refractivity contribution in [3.8, 4) is 11.3 Å². The molecule has 1 fully saturated rings. The Morgan fingerprint density at radius 2 is 1.88 bits per heavy atom. The van der Waals surface area contributed by atoms with Crippen LogP contribution in [-0.2, 0) is 4.74 Å². The lowest BCUT2D eigenvalue weighted by molar-refractivity contribution is -0.0527. The van der Waals surface area contributed by atoms with Crippen LogP contribution in [0, 0.1) is 0 Å². The predicted molar refractivity (Wildman–Crippen MR) is 62.8 cm³/mol. The van der Waals surface area contributed by atoms with Gasteiger partial charge in [-0.1, -0.05) is 24.3 Å². The van der Waals surface area contributed by atoms with E-state index in [1.54, 1.807) is 12.1 Å². The van der Waals surface area contributed by atoms with Gasteiger partial charge in [0.1, 0.15) is 5.76 Å². The summed E-state index contributed by atoms with van der Waals surface area (Å²) in [4.78, 5) is 10.5. The van der Waals surface area contributed by atoms with Gasteiger partial charge < -0.3 is 9.15 Å². The second-order valence-electron chi connectivity index (χ2n) is 4.09. The van der Waals surface area contributed by atoms with E-state index in [9.17, 15) is 4.79 Å². The Kier molecular flexibility index (Phi) is 2.53. The highest BCUT2D eigenvalue weighted by molar-refractivity contribution is 5.72. The molecule has 0 bridgehead atoms. The van der Waals surface area contributed by atoms with Crippen molar-refractivity contribution in [3.63, 3.8) is 0 Å². The molecule has 0 aliphatic carbocycles. The molecular formula is C14H12O3. The van der Waals surface area contributed by atoms with Crippen molar-refractivity contribution in [1.82, 2.24) is 0 Å². The molecule has 1 aliphatic heterocycles. The van der Waals surface area contributed by atoms with Crippen LogP contribution in [0.15, 0.2) is 40.8 Å². The standard InChI is InChI=1S/C14H12O3/c15-9-12-5-6-14(17-12)11-3-1-10(2-4-11)13-7-8-16-13/h1-6,9,13H,7-8H2. The number of carbonyl (C=O) groups is 1. The third-order valence-electron chi connectivity index (χ3n) is 3.01. The zero-order chi connectivity index (χ0) is 11.7. The van der Waals surface area contributed by atoms with Crippen LogP contribution >= 0.6 is 0 Å². The van der Waals surface area contributed by atoms with E-state index in [-0.39, 0.29) is 6.10 Å². The summed E-state index contributed by atoms with van der Waals surface area (Å²) >= 11 is 0. The fraction of sp³-hybridized carbons (Fsp3) is 0.214. The first kappa shape index (κ1) is 10.3. The van der Waals surface area contributed by atoms with E-state index < -0.39 is 0 Å². The van der Waals surface area contributed by atoms with Crippen LogP contribution in [0.2, 0.25) is 0 Å². The largest absolute Gasteiger partial charge is 0.453 e. The number of aldehydes is 1. The smallest absolute Gasteiger partial charge is 0.185 e. The fourth-order valence-corrected chi connectivity index (χ4v) is 1.93. The van der Waals surface area contributed by atoms with E-state index in [1.165, 1.54) is 5.56 Å². The van der Waals surface area contributed by atoms with Gasteiger partial charge in [-0.2, -0.15) is 0 Å². The SMILES string of the molecule is O=Cc1ccc(-c2ccc(C3CCO3)cc2)o1. The Morgan fingerprint density at radius 1 is 1.12 bits per heavy atom. The number of hydrogen-bond donors (Lipinski definition) is 0. The minimum atomic E-state index is 0.256. The molecule has 1 aromatic carbocycles. The molecule has 0 N–H and O–H groups in total. The zero-order valence-electron chi connectivity index (χ0n) is 9.26. The molecule has 86 valence electrons. The molecule has 2 heterocycles. The number of carbonyl (C=O) groups excluding carboxylic acids is 1. The lowest BCUT2D eigenvalue weighted by Crippen LogP contribution is -2.17. The first-order valence-electron chi connectivity index (χ1n) is 5.64. The molecule has 0 spiro atoms. The molecule has 0 amide bonds. The molecule has 3 heteroatoms. The second kappa shape index (κ2) is 4.18. The summed E-state index contributed by atoms with van der Waals surface area (Å²) in [5.74, 6) is 1.07. The number of benzene rings is 1. The minimum absolute atomic E-state index is 0.256. The maximum absolute atomic E-state index is 10.5. The van der Waals surface area contributed by atoms with Crippen molar-refractivity contribution in [2.24, 2.45) is 0 Å². The van der Waals surface area contributed by atoms with Crippen LogP contribution in [0.4, 0.5) is 0 Å². The predicted octanol–water partition coefficient (Wildman–Crippen LogP) is 3.22. The topological polar surface area (TPSA) is 39.4 Å². The molecule has 0 radical (unpaired) electrons. The fourth-order valence-electron chi connectivity index (χ4n) is 1.93. The van der Waals surface area contributed by atoms with E-state index >= 15 is 0 Å². The summed E-state index contributed by atoms with van der Waals surface area (Å²) in [6.45, 7) is 0.854. The van der Waals surface area contributed by atoms with Crippen molar-refractivity contribution < 1.29 is 13.9 Å². The Hall–Kier alpha value is -1.87. The first-order chi connectivity index (χ1) is 8.36. The van der Waals surface area contributed by atoms with Crippen molar-refractivity contribution in [2.45, 2.75) is 12.5 Å². The van der Waals surface area contributed by atoms with Crippen LogP contribution in [0.3, 0.4) is 0 Å². The van der Waals surface area contributed by atoms with Crippen LogP contribution in [0.5, 0.6) is 0 Å². The summed E-state index contributed by atoms with van der Waals surface area (Å²) in [5, 5.41) is 0. The minimum Gasteiger partial charge on any atom is -0.453 e. The Morgan fingerprint density at radius 3 is 2.41 bits per heavy atom. The van der Waals surface area contributed by atoms with Crippen molar-refractivity contribution in [1.29, 1.82) is 0 Å². The number of furan rings is 1. The molecule has 1 atom stereocenters. The van der Waals surface area contributed by atoms with E-state index in [0.29, 0.717) is 17.8 Å². The van der Waals surface area contributed by atoms with E-state index in [2.05, 4.69) is 0 Å². The van der Waals surface area contributed by atoms with Crippen LogP contribution in [0.1, 0.15) is 28.6 Å². The molecule has 1 saturated heterocycles. The molecule has 2 aromatic rings. The molecule has 1 aliphatic rings. The van der Waals surface area contributed by atoms with Gasteiger partial charge in [-0.3, -0.25) is 4.79 Å². The highest BCUT2D eigenvalue weighted by Crippen LogP contribution is 2.31. The quantitative estimate of drug-likeness (QED) is 0.757. The molecule has 1 aromatic heterocycles. The third-order valence-corrected chi connectivity index (χ3v) is 3.01. The molecule has 3 rings (SSSR count). The lowest BCUT2D eigenvalue weighted by Gasteiger charge is -2.26. The molecular weight excluding hydrogens is 216 g/mol. The summed E-state index contributed by atoms with van der Waals surface area (Å²) in [5.41, 5.74) is 2.17. The molecule has 0 saturated carbocycles. The van der Waals surface area contributed by atoms with Gasteiger partial charge in [0.05, 0.1) is 12.7 Å². The highest BCUT2D eigenvalue weighted by atomic mass is 16.5. The van der Waals surface area contributed by atoms with Crippen LogP contribution < -0.4 is 0 Å². The highest BCUT2D eigenvalue weighted by Gasteiger charge is 2.19. The van der Waals surface area contributed by atoms with Crippen molar-refractivity contribution in [2.75, 3.05) is 6.61 Å². The summed E-state index contributed by atoms with van der Waals surface area (Å²) in [7, 11) is 0. The van der Waals surface area contributed by atoms with Crippen LogP contribution in [0.25, 0.3) is 11.3 Å². The Bertz CT molecular complexity index is 521. The Labute approximate surface area is 99.0 Å². The summed E-state index contributed by atoms with van der Waals surface area (Å²) in [6.07, 6.45) is 2.06. The maximum Gasteiger partial charge on any atom is 0.185 e.